The Balaban J connectivity index is 1.97. The summed E-state index contributed by atoms with van der Waals surface area (Å²) in [7, 11) is 0. The predicted octanol–water partition coefficient (Wildman–Crippen LogP) is 2.99. The average Bonchev–Trinajstić information content (AvgIpc) is 2.46. The van der Waals surface area contributed by atoms with Crippen LogP contribution in [-0.2, 0) is 0 Å². The van der Waals surface area contributed by atoms with Gasteiger partial charge in [-0.2, -0.15) is 0 Å². The number of aliphatic hydroxyl groups is 1. The predicted molar refractivity (Wildman–Crippen MR) is 83.9 cm³/mol. The third-order valence-electron chi connectivity index (χ3n) is 4.00. The standard InChI is InChI=1S/C15H18BrN3O/c1-10(20)11-3-2-6-19(9-11)14-4-5-17-13-7-12(16)8-18-15(13)14/h4-5,7-8,10-11,20H,2-3,6,9H2,1H3/t10-,11+/m1/s1. The molecule has 0 saturated carbocycles. The average molecular weight is 336 g/mol. The zero-order valence-corrected chi connectivity index (χ0v) is 13.0. The van der Waals surface area contributed by atoms with Gasteiger partial charge in [-0.1, -0.05) is 0 Å². The summed E-state index contributed by atoms with van der Waals surface area (Å²) < 4.78 is 0.940. The molecule has 5 heteroatoms. The SMILES string of the molecule is C[C@@H](O)[C@H]1CCCN(c2ccnc3cc(Br)cnc23)C1. The van der Waals surface area contributed by atoms with Crippen LogP contribution < -0.4 is 4.90 Å². The van der Waals surface area contributed by atoms with E-state index in [1.807, 2.05) is 31.5 Å². The van der Waals surface area contributed by atoms with Crippen LogP contribution in [-0.4, -0.2) is 34.3 Å². The number of fused-ring (bicyclic) bond motifs is 1. The van der Waals surface area contributed by atoms with Crippen molar-refractivity contribution in [2.75, 3.05) is 18.0 Å². The molecule has 0 radical (unpaired) electrons. The minimum absolute atomic E-state index is 0.256. The van der Waals surface area contributed by atoms with E-state index in [1.165, 1.54) is 0 Å². The third kappa shape index (κ3) is 2.65. The van der Waals surface area contributed by atoms with E-state index in [9.17, 15) is 5.11 Å². The van der Waals surface area contributed by atoms with Gasteiger partial charge in [0.05, 0.1) is 17.3 Å². The topological polar surface area (TPSA) is 49.2 Å². The molecule has 3 heterocycles. The van der Waals surface area contributed by atoms with Crippen molar-refractivity contribution in [3.8, 4) is 0 Å². The summed E-state index contributed by atoms with van der Waals surface area (Å²) in [5.41, 5.74) is 2.95. The van der Waals surface area contributed by atoms with Crippen LogP contribution in [0.25, 0.3) is 11.0 Å². The van der Waals surface area contributed by atoms with E-state index in [-0.39, 0.29) is 6.10 Å². The van der Waals surface area contributed by atoms with Gasteiger partial charge in [0.1, 0.15) is 5.52 Å². The van der Waals surface area contributed by atoms with Crippen LogP contribution in [0.3, 0.4) is 0 Å². The Morgan fingerprint density at radius 3 is 3.10 bits per heavy atom. The van der Waals surface area contributed by atoms with Gasteiger partial charge in [0.15, 0.2) is 0 Å². The fraction of sp³-hybridized carbons (Fsp3) is 0.467. The van der Waals surface area contributed by atoms with E-state index in [2.05, 4.69) is 30.8 Å². The highest BCUT2D eigenvalue weighted by Crippen LogP contribution is 2.30. The third-order valence-corrected chi connectivity index (χ3v) is 4.44. The van der Waals surface area contributed by atoms with Crippen LogP contribution in [0.1, 0.15) is 19.8 Å². The maximum Gasteiger partial charge on any atom is 0.112 e. The first-order chi connectivity index (χ1) is 9.65. The Bertz CT molecular complexity index is 617. The number of anilines is 1. The Kier molecular flexibility index (Phi) is 3.89. The summed E-state index contributed by atoms with van der Waals surface area (Å²) in [4.78, 5) is 11.2. The van der Waals surface area contributed by atoms with Crippen LogP contribution in [0.4, 0.5) is 5.69 Å². The van der Waals surface area contributed by atoms with Crippen molar-refractivity contribution in [1.82, 2.24) is 9.97 Å². The molecule has 1 fully saturated rings. The van der Waals surface area contributed by atoms with Crippen molar-refractivity contribution in [3.63, 3.8) is 0 Å². The minimum atomic E-state index is -0.256. The van der Waals surface area contributed by atoms with Gasteiger partial charge >= 0.3 is 0 Å². The second kappa shape index (κ2) is 5.66. The molecule has 106 valence electrons. The van der Waals surface area contributed by atoms with Gasteiger partial charge in [-0.25, -0.2) is 0 Å². The van der Waals surface area contributed by atoms with Crippen molar-refractivity contribution in [2.24, 2.45) is 5.92 Å². The molecule has 1 aliphatic heterocycles. The van der Waals surface area contributed by atoms with Crippen molar-refractivity contribution in [2.45, 2.75) is 25.9 Å². The molecule has 1 N–H and O–H groups in total. The molecule has 2 aromatic rings. The van der Waals surface area contributed by atoms with Crippen molar-refractivity contribution < 1.29 is 5.11 Å². The molecule has 0 aromatic carbocycles. The number of hydrogen-bond donors (Lipinski definition) is 1. The number of nitrogens with zero attached hydrogens (tertiary/aromatic N) is 3. The monoisotopic (exact) mass is 335 g/mol. The van der Waals surface area contributed by atoms with E-state index >= 15 is 0 Å². The first kappa shape index (κ1) is 13.8. The molecule has 20 heavy (non-hydrogen) atoms. The Morgan fingerprint density at radius 2 is 2.30 bits per heavy atom. The summed E-state index contributed by atoms with van der Waals surface area (Å²) >= 11 is 3.43. The van der Waals surface area contributed by atoms with Crippen molar-refractivity contribution >= 4 is 32.7 Å². The lowest BCUT2D eigenvalue weighted by atomic mass is 9.93. The fourth-order valence-corrected chi connectivity index (χ4v) is 3.19. The normalized spacial score (nSPS) is 21.1. The number of hydrogen-bond acceptors (Lipinski definition) is 4. The van der Waals surface area contributed by atoms with E-state index in [1.54, 1.807) is 0 Å². The van der Waals surface area contributed by atoms with E-state index in [0.717, 1.165) is 47.1 Å². The van der Waals surface area contributed by atoms with Gasteiger partial charge in [0.2, 0.25) is 0 Å². The molecule has 2 atom stereocenters. The molecule has 2 aromatic heterocycles. The quantitative estimate of drug-likeness (QED) is 0.916. The van der Waals surface area contributed by atoms with Gasteiger partial charge in [0, 0.05) is 35.9 Å². The Morgan fingerprint density at radius 1 is 1.45 bits per heavy atom. The molecule has 3 rings (SSSR count). The molecular formula is C15H18BrN3O. The smallest absolute Gasteiger partial charge is 0.112 e. The fourth-order valence-electron chi connectivity index (χ4n) is 2.87. The molecular weight excluding hydrogens is 318 g/mol. The summed E-state index contributed by atoms with van der Waals surface area (Å²) in [6.45, 7) is 3.78. The van der Waals surface area contributed by atoms with Crippen LogP contribution in [0.2, 0.25) is 0 Å². The molecule has 0 aliphatic carbocycles. The Labute approximate surface area is 127 Å². The van der Waals surface area contributed by atoms with Crippen LogP contribution in [0.5, 0.6) is 0 Å². The summed E-state index contributed by atoms with van der Waals surface area (Å²) in [5.74, 6) is 0.336. The molecule has 0 amide bonds. The first-order valence-corrected chi connectivity index (χ1v) is 7.78. The molecule has 0 unspecified atom stereocenters. The van der Waals surface area contributed by atoms with Crippen molar-refractivity contribution in [3.05, 3.63) is 29.0 Å². The summed E-state index contributed by atoms with van der Waals surface area (Å²) in [6.07, 6.45) is 5.58. The largest absolute Gasteiger partial charge is 0.393 e. The highest BCUT2D eigenvalue weighted by atomic mass is 79.9. The lowest BCUT2D eigenvalue weighted by Crippen LogP contribution is -2.39. The van der Waals surface area contributed by atoms with E-state index < -0.39 is 0 Å². The molecule has 1 aliphatic rings. The number of aromatic nitrogens is 2. The Hall–Kier alpha value is -1.20. The second-order valence-electron chi connectivity index (χ2n) is 5.44. The number of rotatable bonds is 2. The number of piperidine rings is 1. The van der Waals surface area contributed by atoms with E-state index in [4.69, 9.17) is 0 Å². The van der Waals surface area contributed by atoms with Gasteiger partial charge in [-0.3, -0.25) is 9.97 Å². The number of aliphatic hydroxyl groups excluding tert-OH is 1. The zero-order chi connectivity index (χ0) is 14.1. The molecule has 4 nitrogen and oxygen atoms in total. The van der Waals surface area contributed by atoms with Crippen LogP contribution in [0.15, 0.2) is 29.0 Å². The van der Waals surface area contributed by atoms with E-state index in [0.29, 0.717) is 5.92 Å². The minimum Gasteiger partial charge on any atom is -0.393 e. The maximum absolute atomic E-state index is 9.83. The van der Waals surface area contributed by atoms with Crippen molar-refractivity contribution in [1.29, 1.82) is 0 Å². The summed E-state index contributed by atoms with van der Waals surface area (Å²) in [6, 6.07) is 4.01. The van der Waals surface area contributed by atoms with Gasteiger partial charge in [0.25, 0.3) is 0 Å². The zero-order valence-electron chi connectivity index (χ0n) is 11.5. The second-order valence-corrected chi connectivity index (χ2v) is 6.36. The molecule has 1 saturated heterocycles. The maximum atomic E-state index is 9.83. The lowest BCUT2D eigenvalue weighted by molar-refractivity contribution is 0.115. The molecule has 0 spiro atoms. The molecule has 0 bridgehead atoms. The van der Waals surface area contributed by atoms with Crippen LogP contribution >= 0.6 is 15.9 Å². The number of pyridine rings is 2. The van der Waals surface area contributed by atoms with Gasteiger partial charge in [-0.05, 0) is 47.8 Å². The highest BCUT2D eigenvalue weighted by Gasteiger charge is 2.24. The van der Waals surface area contributed by atoms with Crippen LogP contribution in [0, 0.1) is 5.92 Å². The highest BCUT2D eigenvalue weighted by molar-refractivity contribution is 9.10. The number of halogens is 1. The van der Waals surface area contributed by atoms with Gasteiger partial charge < -0.3 is 10.0 Å². The summed E-state index contributed by atoms with van der Waals surface area (Å²) in [5, 5.41) is 9.83. The first-order valence-electron chi connectivity index (χ1n) is 6.98. The lowest BCUT2D eigenvalue weighted by Gasteiger charge is -2.35. The van der Waals surface area contributed by atoms with Gasteiger partial charge in [-0.15, -0.1) is 0 Å².